The van der Waals surface area contributed by atoms with E-state index in [0.29, 0.717) is 19.0 Å². The van der Waals surface area contributed by atoms with Crippen LogP contribution in [-0.2, 0) is 11.2 Å². The molecule has 1 aromatic rings. The van der Waals surface area contributed by atoms with Crippen LogP contribution in [0.1, 0.15) is 24.8 Å². The van der Waals surface area contributed by atoms with E-state index in [4.69, 9.17) is 11.6 Å². The number of hydrogen-bond acceptors (Lipinski definition) is 3. The van der Waals surface area contributed by atoms with E-state index in [2.05, 4.69) is 5.32 Å². The highest BCUT2D eigenvalue weighted by Crippen LogP contribution is 2.25. The quantitative estimate of drug-likeness (QED) is 0.807. The third-order valence-electron chi connectivity index (χ3n) is 4.23. The first-order chi connectivity index (χ1) is 10.5. The van der Waals surface area contributed by atoms with Gasteiger partial charge in [-0.2, -0.15) is 0 Å². The molecule has 0 heterocycles. The van der Waals surface area contributed by atoms with Crippen LogP contribution in [0.3, 0.4) is 0 Å². The molecule has 1 aliphatic carbocycles. The number of likely N-dealkylation sites (N-methyl/N-ethyl adjacent to an activating group) is 1. The highest BCUT2D eigenvalue weighted by molar-refractivity contribution is 6.30. The van der Waals surface area contributed by atoms with Gasteiger partial charge in [0.05, 0.1) is 12.6 Å². The number of halogens is 1. The fourth-order valence-corrected chi connectivity index (χ4v) is 3.12. The Bertz CT molecular complexity index is 478. The lowest BCUT2D eigenvalue weighted by Gasteiger charge is -2.22. The monoisotopic (exact) mass is 324 g/mol. The van der Waals surface area contributed by atoms with Crippen LogP contribution in [0.25, 0.3) is 0 Å². The van der Waals surface area contributed by atoms with Crippen LogP contribution in [-0.4, -0.2) is 48.7 Å². The summed E-state index contributed by atoms with van der Waals surface area (Å²) in [5, 5.41) is 13.5. The normalized spacial score (nSPS) is 21.3. The zero-order valence-corrected chi connectivity index (χ0v) is 13.9. The van der Waals surface area contributed by atoms with Gasteiger partial charge >= 0.3 is 0 Å². The van der Waals surface area contributed by atoms with Crippen LogP contribution in [0.15, 0.2) is 24.3 Å². The summed E-state index contributed by atoms with van der Waals surface area (Å²) >= 11 is 5.84. The molecule has 0 aromatic heterocycles. The van der Waals surface area contributed by atoms with Crippen molar-refractivity contribution in [3.05, 3.63) is 34.9 Å². The molecule has 2 rings (SSSR count). The van der Waals surface area contributed by atoms with Crippen molar-refractivity contribution in [2.24, 2.45) is 5.92 Å². The van der Waals surface area contributed by atoms with E-state index in [1.165, 1.54) is 0 Å². The average molecular weight is 325 g/mol. The van der Waals surface area contributed by atoms with E-state index in [9.17, 15) is 9.90 Å². The van der Waals surface area contributed by atoms with Crippen molar-refractivity contribution < 1.29 is 9.90 Å². The van der Waals surface area contributed by atoms with Crippen LogP contribution in [0.4, 0.5) is 0 Å². The topological polar surface area (TPSA) is 52.6 Å². The second kappa shape index (κ2) is 8.51. The second-order valence-electron chi connectivity index (χ2n) is 6.18. The highest BCUT2D eigenvalue weighted by atomic mass is 35.5. The minimum absolute atomic E-state index is 0.0314. The number of carbonyl (C=O) groups is 1. The Labute approximate surface area is 137 Å². The lowest BCUT2D eigenvalue weighted by atomic mass is 10.1. The van der Waals surface area contributed by atoms with E-state index in [1.807, 2.05) is 36.2 Å². The molecule has 2 N–H and O–H groups in total. The molecular weight excluding hydrogens is 300 g/mol. The largest absolute Gasteiger partial charge is 0.393 e. The molecule has 0 spiro atoms. The smallest absolute Gasteiger partial charge is 0.234 e. The first-order valence-corrected chi connectivity index (χ1v) is 8.30. The molecule has 2 atom stereocenters. The maximum absolute atomic E-state index is 11.9. The van der Waals surface area contributed by atoms with E-state index in [0.717, 1.165) is 42.8 Å². The first kappa shape index (κ1) is 17.3. The van der Waals surface area contributed by atoms with Gasteiger partial charge in [0, 0.05) is 18.1 Å². The summed E-state index contributed by atoms with van der Waals surface area (Å²) in [6.07, 6.45) is 3.64. The van der Waals surface area contributed by atoms with Gasteiger partial charge in [-0.1, -0.05) is 30.2 Å². The molecule has 1 aliphatic rings. The van der Waals surface area contributed by atoms with Crippen molar-refractivity contribution in [2.75, 3.05) is 26.7 Å². The lowest BCUT2D eigenvalue weighted by Crippen LogP contribution is -2.39. The molecule has 1 aromatic carbocycles. The SMILES string of the molecule is CN(CC(=O)NCCc1ccc(Cl)cc1)CC1CCCC1O. The fourth-order valence-electron chi connectivity index (χ4n) is 2.99. The molecular formula is C17H25ClN2O2. The molecule has 1 fully saturated rings. The molecule has 2 unspecified atom stereocenters. The number of benzene rings is 1. The van der Waals surface area contributed by atoms with Crippen LogP contribution < -0.4 is 5.32 Å². The molecule has 0 saturated heterocycles. The Morgan fingerprint density at radius 1 is 1.36 bits per heavy atom. The summed E-state index contributed by atoms with van der Waals surface area (Å²) < 4.78 is 0. The first-order valence-electron chi connectivity index (χ1n) is 7.92. The number of rotatable bonds is 7. The molecule has 1 saturated carbocycles. The Kier molecular flexibility index (Phi) is 6.68. The number of nitrogens with one attached hydrogen (secondary N) is 1. The van der Waals surface area contributed by atoms with Crippen molar-refractivity contribution in [3.63, 3.8) is 0 Å². The van der Waals surface area contributed by atoms with Crippen LogP contribution in [0, 0.1) is 5.92 Å². The van der Waals surface area contributed by atoms with Crippen molar-refractivity contribution in [2.45, 2.75) is 31.8 Å². The molecule has 4 nitrogen and oxygen atoms in total. The maximum Gasteiger partial charge on any atom is 0.234 e. The summed E-state index contributed by atoms with van der Waals surface area (Å²) in [5.74, 6) is 0.343. The highest BCUT2D eigenvalue weighted by Gasteiger charge is 2.26. The standard InChI is InChI=1S/C17H25ClN2O2/c1-20(11-14-3-2-4-16(14)21)12-17(22)19-10-9-13-5-7-15(18)8-6-13/h5-8,14,16,21H,2-4,9-12H2,1H3,(H,19,22). The Hall–Kier alpha value is -1.10. The number of hydrogen-bond donors (Lipinski definition) is 2. The van der Waals surface area contributed by atoms with Gasteiger partial charge in [-0.25, -0.2) is 0 Å². The molecule has 0 aliphatic heterocycles. The minimum atomic E-state index is -0.199. The molecule has 1 amide bonds. The maximum atomic E-state index is 11.9. The van der Waals surface area contributed by atoms with Crippen molar-refractivity contribution in [1.29, 1.82) is 0 Å². The summed E-state index contributed by atoms with van der Waals surface area (Å²) in [4.78, 5) is 13.9. The van der Waals surface area contributed by atoms with Crippen LogP contribution in [0.5, 0.6) is 0 Å². The van der Waals surface area contributed by atoms with Gasteiger partial charge in [0.2, 0.25) is 5.91 Å². The zero-order valence-electron chi connectivity index (χ0n) is 13.1. The van der Waals surface area contributed by atoms with Crippen LogP contribution in [0.2, 0.25) is 5.02 Å². The third-order valence-corrected chi connectivity index (χ3v) is 4.48. The van der Waals surface area contributed by atoms with Gasteiger partial charge < -0.3 is 10.4 Å². The lowest BCUT2D eigenvalue weighted by molar-refractivity contribution is -0.122. The zero-order chi connectivity index (χ0) is 15.9. The Morgan fingerprint density at radius 2 is 2.09 bits per heavy atom. The van der Waals surface area contributed by atoms with E-state index >= 15 is 0 Å². The number of aliphatic hydroxyl groups is 1. The Balaban J connectivity index is 1.63. The van der Waals surface area contributed by atoms with Crippen molar-refractivity contribution in [3.8, 4) is 0 Å². The minimum Gasteiger partial charge on any atom is -0.393 e. The van der Waals surface area contributed by atoms with Crippen molar-refractivity contribution >= 4 is 17.5 Å². The summed E-state index contributed by atoms with van der Waals surface area (Å²) in [5.41, 5.74) is 1.16. The van der Waals surface area contributed by atoms with E-state index < -0.39 is 0 Å². The number of amides is 1. The Morgan fingerprint density at radius 3 is 2.73 bits per heavy atom. The van der Waals surface area contributed by atoms with Gasteiger partial charge in [-0.3, -0.25) is 9.69 Å². The average Bonchev–Trinajstić information content (AvgIpc) is 2.86. The predicted molar refractivity (Wildman–Crippen MR) is 89.0 cm³/mol. The van der Waals surface area contributed by atoms with Gasteiger partial charge in [-0.05, 0) is 49.9 Å². The van der Waals surface area contributed by atoms with Gasteiger partial charge in [0.1, 0.15) is 0 Å². The predicted octanol–water partition coefficient (Wildman–Crippen LogP) is 2.09. The number of carbonyl (C=O) groups excluding carboxylic acids is 1. The van der Waals surface area contributed by atoms with Gasteiger partial charge in [0.15, 0.2) is 0 Å². The van der Waals surface area contributed by atoms with Gasteiger partial charge in [-0.15, -0.1) is 0 Å². The molecule has 122 valence electrons. The number of nitrogens with zero attached hydrogens (tertiary/aromatic N) is 1. The summed E-state index contributed by atoms with van der Waals surface area (Å²) in [7, 11) is 1.93. The third kappa shape index (κ3) is 5.59. The molecule has 22 heavy (non-hydrogen) atoms. The van der Waals surface area contributed by atoms with E-state index in [-0.39, 0.29) is 12.0 Å². The fraction of sp³-hybridized carbons (Fsp3) is 0.588. The molecule has 5 heteroatoms. The number of aliphatic hydroxyl groups excluding tert-OH is 1. The molecule has 0 radical (unpaired) electrons. The van der Waals surface area contributed by atoms with Gasteiger partial charge in [0.25, 0.3) is 0 Å². The second-order valence-corrected chi connectivity index (χ2v) is 6.62. The summed E-state index contributed by atoms with van der Waals surface area (Å²) in [6, 6.07) is 7.67. The van der Waals surface area contributed by atoms with Crippen LogP contribution >= 0.6 is 11.6 Å². The van der Waals surface area contributed by atoms with Crippen molar-refractivity contribution in [1.82, 2.24) is 10.2 Å². The van der Waals surface area contributed by atoms with E-state index in [1.54, 1.807) is 0 Å². The molecule has 0 bridgehead atoms. The summed E-state index contributed by atoms with van der Waals surface area (Å²) in [6.45, 7) is 1.79.